The third kappa shape index (κ3) is 5.19. The summed E-state index contributed by atoms with van der Waals surface area (Å²) >= 11 is 0. The molecule has 0 aliphatic heterocycles. The number of nitrogens with one attached hydrogen (secondary N) is 1. The summed E-state index contributed by atoms with van der Waals surface area (Å²) in [6, 6.07) is 0. The normalized spacial score (nSPS) is 17.8. The lowest BCUT2D eigenvalue weighted by Gasteiger charge is -2.35. The molecule has 5 heteroatoms. The maximum Gasteiger partial charge on any atom is 0.223 e. The first-order chi connectivity index (χ1) is 8.99. The molecule has 0 aromatic heterocycles. The molecule has 19 heavy (non-hydrogen) atoms. The molecular weight excluding hydrogens is 242 g/mol. The Bertz CT molecular complexity index is 310. The van der Waals surface area contributed by atoms with Crippen molar-refractivity contribution in [3.05, 3.63) is 0 Å². The Balaban J connectivity index is 2.31. The zero-order chi connectivity index (χ0) is 14.3. The van der Waals surface area contributed by atoms with Crippen LogP contribution in [0.4, 0.5) is 0 Å². The van der Waals surface area contributed by atoms with Crippen molar-refractivity contribution in [1.29, 1.82) is 0 Å². The van der Waals surface area contributed by atoms with Gasteiger partial charge in [-0.15, -0.1) is 0 Å². The largest absolute Gasteiger partial charge is 0.356 e. The molecule has 0 aromatic rings. The quantitative estimate of drug-likeness (QED) is 0.751. The first-order valence-electron chi connectivity index (χ1n) is 7.16. The van der Waals surface area contributed by atoms with Gasteiger partial charge in [-0.3, -0.25) is 9.59 Å². The van der Waals surface area contributed by atoms with Crippen molar-refractivity contribution in [3.8, 4) is 0 Å². The molecule has 0 aromatic carbocycles. The molecule has 1 aliphatic carbocycles. The maximum absolute atomic E-state index is 11.9. The van der Waals surface area contributed by atoms with E-state index >= 15 is 0 Å². The summed E-state index contributed by atoms with van der Waals surface area (Å²) < 4.78 is 0. The molecule has 0 unspecified atom stereocenters. The van der Waals surface area contributed by atoms with E-state index in [4.69, 9.17) is 5.73 Å². The Hall–Kier alpha value is -1.10. The van der Waals surface area contributed by atoms with E-state index in [2.05, 4.69) is 5.32 Å². The van der Waals surface area contributed by atoms with Gasteiger partial charge in [-0.05, 0) is 24.8 Å². The van der Waals surface area contributed by atoms with Gasteiger partial charge in [0.05, 0.1) is 0 Å². The van der Waals surface area contributed by atoms with Gasteiger partial charge in [0.1, 0.15) is 0 Å². The van der Waals surface area contributed by atoms with Gasteiger partial charge in [0.25, 0.3) is 0 Å². The predicted octanol–water partition coefficient (Wildman–Crippen LogP) is 0.880. The van der Waals surface area contributed by atoms with Crippen molar-refractivity contribution in [2.24, 2.45) is 11.1 Å². The molecule has 0 saturated heterocycles. The van der Waals surface area contributed by atoms with E-state index in [-0.39, 0.29) is 17.2 Å². The van der Waals surface area contributed by atoms with E-state index in [0.717, 1.165) is 12.8 Å². The number of carbonyl (C=O) groups is 2. The molecular formula is C14H27N3O2. The average Bonchev–Trinajstić information content (AvgIpc) is 2.39. The molecule has 3 N–H and O–H groups in total. The van der Waals surface area contributed by atoms with E-state index in [0.29, 0.717) is 25.9 Å². The summed E-state index contributed by atoms with van der Waals surface area (Å²) in [5.41, 5.74) is 5.86. The highest BCUT2D eigenvalue weighted by atomic mass is 16.2. The van der Waals surface area contributed by atoms with Crippen LogP contribution in [0.3, 0.4) is 0 Å². The molecule has 1 fully saturated rings. The standard InChI is InChI=1S/C14H27N3O2/c1-17(2)13(19)6-9-16-12(18)10-14(11-15)7-4-3-5-8-14/h3-11,15H2,1-2H3,(H,16,18). The molecule has 1 rings (SSSR count). The van der Waals surface area contributed by atoms with Crippen LogP contribution in [-0.2, 0) is 9.59 Å². The number of amides is 2. The van der Waals surface area contributed by atoms with Crippen molar-refractivity contribution >= 4 is 11.8 Å². The zero-order valence-corrected chi connectivity index (χ0v) is 12.2. The number of nitrogens with zero attached hydrogens (tertiary/aromatic N) is 1. The summed E-state index contributed by atoms with van der Waals surface area (Å²) in [6.45, 7) is 0.994. The molecule has 0 bridgehead atoms. The van der Waals surface area contributed by atoms with Gasteiger partial charge in [0.2, 0.25) is 11.8 Å². The molecule has 1 saturated carbocycles. The third-order valence-electron chi connectivity index (χ3n) is 4.04. The van der Waals surface area contributed by atoms with E-state index in [1.54, 1.807) is 14.1 Å². The van der Waals surface area contributed by atoms with Gasteiger partial charge in [-0.2, -0.15) is 0 Å². The topological polar surface area (TPSA) is 75.4 Å². The second-order valence-electron chi connectivity index (χ2n) is 5.83. The van der Waals surface area contributed by atoms with Crippen LogP contribution in [-0.4, -0.2) is 43.9 Å². The lowest BCUT2D eigenvalue weighted by molar-refractivity contribution is -0.128. The number of hydrogen-bond donors (Lipinski definition) is 2. The van der Waals surface area contributed by atoms with E-state index in [1.807, 2.05) is 0 Å². The van der Waals surface area contributed by atoms with Crippen LogP contribution in [0, 0.1) is 5.41 Å². The molecule has 0 heterocycles. The highest BCUT2D eigenvalue weighted by Crippen LogP contribution is 2.38. The number of nitrogens with two attached hydrogens (primary N) is 1. The van der Waals surface area contributed by atoms with Gasteiger partial charge in [0, 0.05) is 33.5 Å². The first-order valence-corrected chi connectivity index (χ1v) is 7.16. The maximum atomic E-state index is 11.9. The van der Waals surface area contributed by atoms with Crippen LogP contribution in [0.5, 0.6) is 0 Å². The van der Waals surface area contributed by atoms with Crippen LogP contribution >= 0.6 is 0 Å². The number of rotatable bonds is 6. The highest BCUT2D eigenvalue weighted by molar-refractivity contribution is 5.79. The van der Waals surface area contributed by atoms with Crippen LogP contribution in [0.1, 0.15) is 44.9 Å². The predicted molar refractivity (Wildman–Crippen MR) is 75.5 cm³/mol. The molecule has 0 atom stereocenters. The first kappa shape index (κ1) is 16.0. The smallest absolute Gasteiger partial charge is 0.223 e. The van der Waals surface area contributed by atoms with Crippen LogP contribution in [0.2, 0.25) is 0 Å². The second kappa shape index (κ2) is 7.48. The monoisotopic (exact) mass is 269 g/mol. The fourth-order valence-electron chi connectivity index (χ4n) is 2.69. The van der Waals surface area contributed by atoms with Crippen LogP contribution in [0.25, 0.3) is 0 Å². The van der Waals surface area contributed by atoms with Gasteiger partial charge >= 0.3 is 0 Å². The van der Waals surface area contributed by atoms with E-state index in [1.165, 1.54) is 24.2 Å². The molecule has 2 amide bonds. The molecule has 0 radical (unpaired) electrons. The second-order valence-corrected chi connectivity index (χ2v) is 5.83. The van der Waals surface area contributed by atoms with Crippen LogP contribution < -0.4 is 11.1 Å². The summed E-state index contributed by atoms with van der Waals surface area (Å²) in [6.07, 6.45) is 6.54. The molecule has 110 valence electrons. The van der Waals surface area contributed by atoms with E-state index < -0.39 is 0 Å². The highest BCUT2D eigenvalue weighted by Gasteiger charge is 2.32. The average molecular weight is 269 g/mol. The summed E-state index contributed by atoms with van der Waals surface area (Å²) in [5.74, 6) is 0.0606. The third-order valence-corrected chi connectivity index (χ3v) is 4.04. The van der Waals surface area contributed by atoms with Gasteiger partial charge in [-0.1, -0.05) is 19.3 Å². The van der Waals surface area contributed by atoms with Gasteiger partial charge < -0.3 is 16.0 Å². The fraction of sp³-hybridized carbons (Fsp3) is 0.857. The molecule has 5 nitrogen and oxygen atoms in total. The van der Waals surface area contributed by atoms with Crippen molar-refractivity contribution in [2.75, 3.05) is 27.2 Å². The van der Waals surface area contributed by atoms with E-state index in [9.17, 15) is 9.59 Å². The van der Waals surface area contributed by atoms with Gasteiger partial charge in [0.15, 0.2) is 0 Å². The minimum atomic E-state index is -0.00606. The summed E-state index contributed by atoms with van der Waals surface area (Å²) in [7, 11) is 3.44. The molecule has 1 aliphatic rings. The van der Waals surface area contributed by atoms with Gasteiger partial charge in [-0.25, -0.2) is 0 Å². The Kier molecular flexibility index (Phi) is 6.28. The lowest BCUT2D eigenvalue weighted by Crippen LogP contribution is -2.39. The number of hydrogen-bond acceptors (Lipinski definition) is 3. The lowest BCUT2D eigenvalue weighted by atomic mass is 9.71. The Morgan fingerprint density at radius 3 is 2.37 bits per heavy atom. The summed E-state index contributed by atoms with van der Waals surface area (Å²) in [5, 5.41) is 2.83. The SMILES string of the molecule is CN(C)C(=O)CCNC(=O)CC1(CN)CCCCC1. The minimum Gasteiger partial charge on any atom is -0.356 e. The minimum absolute atomic E-state index is 0.00606. The Morgan fingerprint density at radius 1 is 1.21 bits per heavy atom. The van der Waals surface area contributed by atoms with Crippen molar-refractivity contribution in [3.63, 3.8) is 0 Å². The van der Waals surface area contributed by atoms with Crippen molar-refractivity contribution < 1.29 is 9.59 Å². The fourth-order valence-corrected chi connectivity index (χ4v) is 2.69. The van der Waals surface area contributed by atoms with Crippen LogP contribution in [0.15, 0.2) is 0 Å². The summed E-state index contributed by atoms with van der Waals surface area (Å²) in [4.78, 5) is 24.9. The molecule has 0 spiro atoms. The zero-order valence-electron chi connectivity index (χ0n) is 12.2. The Labute approximate surface area is 115 Å². The Morgan fingerprint density at radius 2 is 1.84 bits per heavy atom. The van der Waals surface area contributed by atoms with Crippen molar-refractivity contribution in [2.45, 2.75) is 44.9 Å². The number of carbonyl (C=O) groups excluding carboxylic acids is 2. The van der Waals surface area contributed by atoms with Crippen molar-refractivity contribution in [1.82, 2.24) is 10.2 Å².